The van der Waals surface area contributed by atoms with E-state index in [9.17, 15) is 0 Å². The van der Waals surface area contributed by atoms with Crippen molar-refractivity contribution in [3.63, 3.8) is 0 Å². The Hall–Kier alpha value is -1.32. The average Bonchev–Trinajstić information content (AvgIpc) is 2.81. The van der Waals surface area contributed by atoms with Gasteiger partial charge in [-0.3, -0.25) is 0 Å². The highest BCUT2D eigenvalue weighted by molar-refractivity contribution is 5.83. The maximum absolute atomic E-state index is 5.58. The fourth-order valence-corrected chi connectivity index (χ4v) is 2.40. The quantitative estimate of drug-likeness (QED) is 0.709. The van der Waals surface area contributed by atoms with Crippen molar-refractivity contribution in [1.29, 1.82) is 0 Å². The molecule has 0 atom stereocenters. The Balaban J connectivity index is 2.06. The fourth-order valence-electron chi connectivity index (χ4n) is 2.40. The van der Waals surface area contributed by atoms with E-state index < -0.39 is 0 Å². The van der Waals surface area contributed by atoms with Crippen molar-refractivity contribution >= 4 is 10.9 Å². The van der Waals surface area contributed by atoms with Crippen LogP contribution in [0.5, 0.6) is 0 Å². The normalized spacial score (nSPS) is 11.6. The van der Waals surface area contributed by atoms with Gasteiger partial charge in [0.25, 0.3) is 0 Å². The summed E-state index contributed by atoms with van der Waals surface area (Å²) in [6, 6.07) is 8.60. The number of benzene rings is 1. The predicted molar refractivity (Wildman–Crippen MR) is 78.3 cm³/mol. The van der Waals surface area contributed by atoms with E-state index in [0.717, 1.165) is 13.0 Å². The Morgan fingerprint density at radius 2 is 1.84 bits per heavy atom. The summed E-state index contributed by atoms with van der Waals surface area (Å²) in [7, 11) is 0. The van der Waals surface area contributed by atoms with Gasteiger partial charge in [0.1, 0.15) is 0 Å². The molecule has 1 heterocycles. The summed E-state index contributed by atoms with van der Waals surface area (Å²) < 4.78 is 13.4. The summed E-state index contributed by atoms with van der Waals surface area (Å²) in [4.78, 5) is 0. The first-order valence-corrected chi connectivity index (χ1v) is 7.04. The molecule has 3 heteroatoms. The van der Waals surface area contributed by atoms with E-state index in [0.29, 0.717) is 13.2 Å². The minimum Gasteiger partial charge on any atom is -0.353 e. The van der Waals surface area contributed by atoms with Gasteiger partial charge in [-0.2, -0.15) is 0 Å². The first kappa shape index (κ1) is 14.1. The molecule has 0 saturated heterocycles. The molecule has 1 aromatic carbocycles. The van der Waals surface area contributed by atoms with Crippen LogP contribution in [0.15, 0.2) is 30.5 Å². The van der Waals surface area contributed by atoms with Gasteiger partial charge in [-0.25, -0.2) is 0 Å². The average molecular weight is 261 g/mol. The standard InChI is InChI=1S/C16H23NO2/c1-4-18-16(19-5-2)10-12-17-11-9-14-13(3)7-6-8-15(14)17/h6-9,11,16H,4-5,10,12H2,1-3H3. The van der Waals surface area contributed by atoms with Crippen LogP contribution in [0.2, 0.25) is 0 Å². The highest BCUT2D eigenvalue weighted by Crippen LogP contribution is 2.20. The van der Waals surface area contributed by atoms with Gasteiger partial charge < -0.3 is 14.0 Å². The van der Waals surface area contributed by atoms with Crippen molar-refractivity contribution in [3.05, 3.63) is 36.0 Å². The van der Waals surface area contributed by atoms with Crippen LogP contribution in [0, 0.1) is 6.92 Å². The molecule has 0 aliphatic heterocycles. The third-order valence-electron chi connectivity index (χ3n) is 3.34. The predicted octanol–water partition coefficient (Wildman–Crippen LogP) is 3.74. The summed E-state index contributed by atoms with van der Waals surface area (Å²) in [6.45, 7) is 8.45. The van der Waals surface area contributed by atoms with Crippen molar-refractivity contribution in [2.24, 2.45) is 0 Å². The van der Waals surface area contributed by atoms with Gasteiger partial charge in [0.15, 0.2) is 6.29 Å². The van der Waals surface area contributed by atoms with E-state index in [1.807, 2.05) is 13.8 Å². The van der Waals surface area contributed by atoms with Crippen LogP contribution < -0.4 is 0 Å². The molecule has 0 saturated carbocycles. The number of hydrogen-bond acceptors (Lipinski definition) is 2. The summed E-state index contributed by atoms with van der Waals surface area (Å²) in [6.07, 6.45) is 2.92. The van der Waals surface area contributed by atoms with Crippen molar-refractivity contribution in [2.45, 2.75) is 40.0 Å². The largest absolute Gasteiger partial charge is 0.353 e. The van der Waals surface area contributed by atoms with Gasteiger partial charge in [-0.1, -0.05) is 12.1 Å². The smallest absolute Gasteiger partial charge is 0.159 e. The van der Waals surface area contributed by atoms with Crippen molar-refractivity contribution in [1.82, 2.24) is 4.57 Å². The molecule has 3 nitrogen and oxygen atoms in total. The second-order valence-corrected chi connectivity index (χ2v) is 4.65. The fraction of sp³-hybridized carbons (Fsp3) is 0.500. The summed E-state index contributed by atoms with van der Waals surface area (Å²) >= 11 is 0. The van der Waals surface area contributed by atoms with Gasteiger partial charge in [-0.05, 0) is 38.5 Å². The molecule has 0 amide bonds. The zero-order valence-electron chi connectivity index (χ0n) is 12.1. The molecule has 0 aliphatic rings. The Labute approximate surface area is 115 Å². The zero-order valence-corrected chi connectivity index (χ0v) is 12.1. The summed E-state index contributed by atoms with van der Waals surface area (Å²) in [5.74, 6) is 0. The number of nitrogens with zero attached hydrogens (tertiary/aromatic N) is 1. The second kappa shape index (κ2) is 6.73. The van der Waals surface area contributed by atoms with E-state index in [-0.39, 0.29) is 6.29 Å². The van der Waals surface area contributed by atoms with Crippen molar-refractivity contribution in [3.8, 4) is 0 Å². The number of hydrogen-bond donors (Lipinski definition) is 0. The maximum Gasteiger partial charge on any atom is 0.159 e. The van der Waals surface area contributed by atoms with Crippen LogP contribution in [0.25, 0.3) is 10.9 Å². The number of aromatic nitrogens is 1. The minimum absolute atomic E-state index is 0.0998. The zero-order chi connectivity index (χ0) is 13.7. The number of ether oxygens (including phenoxy) is 2. The Morgan fingerprint density at radius 3 is 2.53 bits per heavy atom. The van der Waals surface area contributed by atoms with Crippen LogP contribution in [0.1, 0.15) is 25.8 Å². The first-order valence-electron chi connectivity index (χ1n) is 7.04. The van der Waals surface area contributed by atoms with E-state index in [4.69, 9.17) is 9.47 Å². The van der Waals surface area contributed by atoms with Crippen LogP contribution in [-0.4, -0.2) is 24.1 Å². The highest BCUT2D eigenvalue weighted by atomic mass is 16.7. The molecule has 2 rings (SSSR count). The van der Waals surface area contributed by atoms with Crippen LogP contribution in [0.4, 0.5) is 0 Å². The molecule has 0 fully saturated rings. The van der Waals surface area contributed by atoms with E-state index in [1.165, 1.54) is 16.5 Å². The van der Waals surface area contributed by atoms with Crippen LogP contribution in [-0.2, 0) is 16.0 Å². The van der Waals surface area contributed by atoms with Gasteiger partial charge >= 0.3 is 0 Å². The summed E-state index contributed by atoms with van der Waals surface area (Å²) in [5, 5.41) is 1.33. The topological polar surface area (TPSA) is 23.4 Å². The Morgan fingerprint density at radius 1 is 1.11 bits per heavy atom. The molecule has 0 spiro atoms. The molecule has 19 heavy (non-hydrogen) atoms. The van der Waals surface area contributed by atoms with Crippen LogP contribution >= 0.6 is 0 Å². The molecule has 0 N–H and O–H groups in total. The molecule has 0 aliphatic carbocycles. The Bertz CT molecular complexity index is 512. The molecule has 0 unspecified atom stereocenters. The van der Waals surface area contributed by atoms with E-state index in [1.54, 1.807) is 0 Å². The monoisotopic (exact) mass is 261 g/mol. The van der Waals surface area contributed by atoms with Crippen LogP contribution in [0.3, 0.4) is 0 Å². The first-order chi connectivity index (χ1) is 9.26. The lowest BCUT2D eigenvalue weighted by Gasteiger charge is -2.17. The molecule has 1 aromatic heterocycles. The number of aryl methyl sites for hydroxylation is 2. The third-order valence-corrected chi connectivity index (χ3v) is 3.34. The van der Waals surface area contributed by atoms with Crippen molar-refractivity contribution < 1.29 is 9.47 Å². The SMILES string of the molecule is CCOC(CCn1ccc2c(C)cccc21)OCC. The van der Waals surface area contributed by atoms with Gasteiger partial charge in [0, 0.05) is 43.3 Å². The van der Waals surface area contributed by atoms with Crippen molar-refractivity contribution in [2.75, 3.05) is 13.2 Å². The highest BCUT2D eigenvalue weighted by Gasteiger charge is 2.09. The number of rotatable bonds is 7. The van der Waals surface area contributed by atoms with E-state index in [2.05, 4.69) is 42.0 Å². The lowest BCUT2D eigenvalue weighted by molar-refractivity contribution is -0.140. The molecule has 0 radical (unpaired) electrons. The maximum atomic E-state index is 5.58. The van der Waals surface area contributed by atoms with Gasteiger partial charge in [-0.15, -0.1) is 0 Å². The minimum atomic E-state index is -0.0998. The third kappa shape index (κ3) is 3.37. The molecular weight excluding hydrogens is 238 g/mol. The molecule has 2 aromatic rings. The Kier molecular flexibility index (Phi) is 5.00. The van der Waals surface area contributed by atoms with Gasteiger partial charge in [0.05, 0.1) is 0 Å². The molecule has 104 valence electrons. The second-order valence-electron chi connectivity index (χ2n) is 4.65. The number of fused-ring (bicyclic) bond motifs is 1. The lowest BCUT2D eigenvalue weighted by Crippen LogP contribution is -2.19. The molecule has 0 bridgehead atoms. The molecular formula is C16H23NO2. The summed E-state index contributed by atoms with van der Waals surface area (Å²) in [5.41, 5.74) is 2.61. The van der Waals surface area contributed by atoms with Gasteiger partial charge in [0.2, 0.25) is 0 Å². The van der Waals surface area contributed by atoms with E-state index >= 15 is 0 Å². The lowest BCUT2D eigenvalue weighted by atomic mass is 10.1.